The van der Waals surface area contributed by atoms with Crippen LogP contribution in [0.1, 0.15) is 18.9 Å². The van der Waals surface area contributed by atoms with Crippen LogP contribution in [0.15, 0.2) is 54.9 Å². The highest BCUT2D eigenvalue weighted by molar-refractivity contribution is 5.98. The Morgan fingerprint density at radius 2 is 1.94 bits per heavy atom. The molecule has 3 N–H and O–H groups in total. The maximum Gasteiger partial charge on any atom is 0.407 e. The number of piperidine rings is 1. The van der Waals surface area contributed by atoms with Crippen LogP contribution in [0.4, 0.5) is 15.0 Å². The monoisotopic (exact) mass is 448 g/mol. The largest absolute Gasteiger partial charge is 0.465 e. The molecule has 5 rings (SSSR count). The van der Waals surface area contributed by atoms with Gasteiger partial charge in [0.15, 0.2) is 17.2 Å². The summed E-state index contributed by atoms with van der Waals surface area (Å²) in [5.41, 5.74) is 8.09. The normalized spacial score (nSPS) is 16.2. The number of halogens is 1. The second kappa shape index (κ2) is 8.38. The van der Waals surface area contributed by atoms with Crippen LogP contribution in [0, 0.1) is 5.82 Å². The molecule has 0 bridgehead atoms. The first-order chi connectivity index (χ1) is 16.0. The number of benzene rings is 2. The van der Waals surface area contributed by atoms with E-state index in [1.165, 1.54) is 17.3 Å². The van der Waals surface area contributed by atoms with Gasteiger partial charge in [-0.25, -0.2) is 23.8 Å². The standard InChI is InChI=1S/C23H21FN6O3/c24-17-5-1-2-6-18(17)33-16-9-7-14(8-10-16)20-19-21(25)26-13-27-22(19)30(28-20)15-4-3-11-29(12-15)23(31)32/h1-2,5-10,13,15H,3-4,11-12H2,(H,31,32)(H2,25,26,27)/t15-/m1/s1. The molecule has 0 radical (unpaired) electrons. The number of para-hydroxylation sites is 1. The number of aromatic nitrogens is 4. The molecule has 1 atom stereocenters. The molecule has 1 fully saturated rings. The molecule has 0 spiro atoms. The lowest BCUT2D eigenvalue weighted by atomic mass is 10.1. The number of amides is 1. The highest BCUT2D eigenvalue weighted by atomic mass is 19.1. The quantitative estimate of drug-likeness (QED) is 0.477. The number of anilines is 1. The third-order valence-electron chi connectivity index (χ3n) is 5.72. The minimum atomic E-state index is -0.948. The van der Waals surface area contributed by atoms with E-state index in [1.807, 2.05) is 0 Å². The van der Waals surface area contributed by atoms with E-state index in [0.717, 1.165) is 18.4 Å². The molecule has 10 heteroatoms. The highest BCUT2D eigenvalue weighted by Crippen LogP contribution is 2.35. The Hall–Kier alpha value is -4.21. The molecule has 1 aliphatic heterocycles. The number of carboxylic acid groups (broad SMARTS) is 1. The highest BCUT2D eigenvalue weighted by Gasteiger charge is 2.28. The van der Waals surface area contributed by atoms with Gasteiger partial charge in [0.1, 0.15) is 23.6 Å². The Morgan fingerprint density at radius 3 is 2.70 bits per heavy atom. The fourth-order valence-electron chi connectivity index (χ4n) is 4.12. The maximum absolute atomic E-state index is 13.9. The van der Waals surface area contributed by atoms with Gasteiger partial charge in [-0.1, -0.05) is 12.1 Å². The van der Waals surface area contributed by atoms with E-state index in [-0.39, 0.29) is 11.8 Å². The summed E-state index contributed by atoms with van der Waals surface area (Å²) >= 11 is 0. The molecular formula is C23H21FN6O3. The van der Waals surface area contributed by atoms with Gasteiger partial charge in [-0.3, -0.25) is 0 Å². The summed E-state index contributed by atoms with van der Waals surface area (Å²) in [5.74, 6) is 0.456. The molecule has 1 saturated heterocycles. The smallest absolute Gasteiger partial charge is 0.407 e. The maximum atomic E-state index is 13.9. The lowest BCUT2D eigenvalue weighted by molar-refractivity contribution is 0.120. The van der Waals surface area contributed by atoms with Crippen molar-refractivity contribution in [3.8, 4) is 22.8 Å². The second-order valence-corrected chi connectivity index (χ2v) is 7.83. The molecule has 4 aromatic rings. The Kier molecular flexibility index (Phi) is 5.25. The van der Waals surface area contributed by atoms with E-state index in [2.05, 4.69) is 9.97 Å². The Balaban J connectivity index is 1.51. The van der Waals surface area contributed by atoms with Gasteiger partial charge < -0.3 is 20.5 Å². The number of nitrogen functional groups attached to an aromatic ring is 1. The topological polar surface area (TPSA) is 119 Å². The molecule has 168 valence electrons. The van der Waals surface area contributed by atoms with Gasteiger partial charge >= 0.3 is 6.09 Å². The van der Waals surface area contributed by atoms with E-state index in [1.54, 1.807) is 47.1 Å². The fourth-order valence-corrected chi connectivity index (χ4v) is 4.12. The lowest BCUT2D eigenvalue weighted by Crippen LogP contribution is -2.40. The summed E-state index contributed by atoms with van der Waals surface area (Å²) in [6.07, 6.45) is 1.94. The van der Waals surface area contributed by atoms with Gasteiger partial charge in [0.2, 0.25) is 0 Å². The number of nitrogens with two attached hydrogens (primary N) is 1. The molecule has 3 heterocycles. The van der Waals surface area contributed by atoms with Crippen LogP contribution >= 0.6 is 0 Å². The number of likely N-dealkylation sites (tertiary alicyclic amines) is 1. The molecule has 9 nitrogen and oxygen atoms in total. The van der Waals surface area contributed by atoms with Gasteiger partial charge in [-0.2, -0.15) is 5.10 Å². The Labute approximate surface area is 188 Å². The molecule has 1 amide bonds. The van der Waals surface area contributed by atoms with Crippen molar-refractivity contribution in [2.24, 2.45) is 0 Å². The SMILES string of the molecule is Nc1ncnc2c1c(-c1ccc(Oc3ccccc3F)cc1)nn2[C@@H]1CCCN(C(=O)O)C1. The summed E-state index contributed by atoms with van der Waals surface area (Å²) in [6, 6.07) is 13.1. The van der Waals surface area contributed by atoms with Gasteiger partial charge in [0.05, 0.1) is 11.4 Å². The van der Waals surface area contributed by atoms with Crippen LogP contribution in [0.2, 0.25) is 0 Å². The van der Waals surface area contributed by atoms with Crippen molar-refractivity contribution >= 4 is 22.9 Å². The average Bonchev–Trinajstić information content (AvgIpc) is 3.22. The third kappa shape index (κ3) is 3.91. The second-order valence-electron chi connectivity index (χ2n) is 7.83. The van der Waals surface area contributed by atoms with Gasteiger partial charge in [0.25, 0.3) is 0 Å². The summed E-state index contributed by atoms with van der Waals surface area (Å²) < 4.78 is 21.3. The summed E-state index contributed by atoms with van der Waals surface area (Å²) in [5, 5.41) is 14.8. The number of fused-ring (bicyclic) bond motifs is 1. The van der Waals surface area contributed by atoms with Crippen molar-refractivity contribution < 1.29 is 19.0 Å². The minimum Gasteiger partial charge on any atom is -0.465 e. The van der Waals surface area contributed by atoms with Crippen LogP contribution in [0.3, 0.4) is 0 Å². The zero-order chi connectivity index (χ0) is 22.9. The summed E-state index contributed by atoms with van der Waals surface area (Å²) in [7, 11) is 0. The Bertz CT molecular complexity index is 1320. The first-order valence-electron chi connectivity index (χ1n) is 10.5. The Morgan fingerprint density at radius 1 is 1.15 bits per heavy atom. The summed E-state index contributed by atoms with van der Waals surface area (Å²) in [6.45, 7) is 0.823. The molecule has 2 aromatic carbocycles. The number of carbonyl (C=O) groups is 1. The van der Waals surface area contributed by atoms with Crippen molar-refractivity contribution in [3.63, 3.8) is 0 Å². The zero-order valence-electron chi connectivity index (χ0n) is 17.6. The average molecular weight is 448 g/mol. The molecule has 2 aromatic heterocycles. The number of hydrogen-bond donors (Lipinski definition) is 2. The number of rotatable bonds is 4. The van der Waals surface area contributed by atoms with E-state index in [9.17, 15) is 14.3 Å². The van der Waals surface area contributed by atoms with E-state index < -0.39 is 11.9 Å². The lowest BCUT2D eigenvalue weighted by Gasteiger charge is -2.30. The molecule has 0 aliphatic carbocycles. The summed E-state index contributed by atoms with van der Waals surface area (Å²) in [4.78, 5) is 21.4. The molecular weight excluding hydrogens is 427 g/mol. The van der Waals surface area contributed by atoms with Crippen LogP contribution < -0.4 is 10.5 Å². The van der Waals surface area contributed by atoms with Gasteiger partial charge in [-0.05, 0) is 49.2 Å². The molecule has 1 aliphatic rings. The van der Waals surface area contributed by atoms with Crippen molar-refractivity contribution in [3.05, 3.63) is 60.7 Å². The van der Waals surface area contributed by atoms with Crippen LogP contribution in [0.5, 0.6) is 11.5 Å². The molecule has 33 heavy (non-hydrogen) atoms. The van der Waals surface area contributed by atoms with Gasteiger partial charge in [0, 0.05) is 18.7 Å². The minimum absolute atomic E-state index is 0.137. The fraction of sp³-hybridized carbons (Fsp3) is 0.217. The number of nitrogens with zero attached hydrogens (tertiary/aromatic N) is 5. The van der Waals surface area contributed by atoms with Crippen LogP contribution in [0.25, 0.3) is 22.3 Å². The van der Waals surface area contributed by atoms with Crippen molar-refractivity contribution in [1.29, 1.82) is 0 Å². The molecule has 0 saturated carbocycles. The van der Waals surface area contributed by atoms with E-state index in [0.29, 0.717) is 41.4 Å². The predicted molar refractivity (Wildman–Crippen MR) is 120 cm³/mol. The zero-order valence-corrected chi connectivity index (χ0v) is 17.6. The first kappa shape index (κ1) is 20.7. The van der Waals surface area contributed by atoms with Crippen molar-refractivity contribution in [2.45, 2.75) is 18.9 Å². The molecule has 0 unspecified atom stereocenters. The van der Waals surface area contributed by atoms with Crippen LogP contribution in [-0.2, 0) is 0 Å². The van der Waals surface area contributed by atoms with E-state index >= 15 is 0 Å². The number of ether oxygens (including phenoxy) is 1. The third-order valence-corrected chi connectivity index (χ3v) is 5.72. The number of hydrogen-bond acceptors (Lipinski definition) is 6. The van der Waals surface area contributed by atoms with Crippen molar-refractivity contribution in [1.82, 2.24) is 24.6 Å². The van der Waals surface area contributed by atoms with E-state index in [4.69, 9.17) is 15.6 Å². The van der Waals surface area contributed by atoms with Crippen molar-refractivity contribution in [2.75, 3.05) is 18.8 Å². The predicted octanol–water partition coefficient (Wildman–Crippen LogP) is 4.32. The van der Waals surface area contributed by atoms with Crippen LogP contribution in [-0.4, -0.2) is 48.9 Å². The first-order valence-corrected chi connectivity index (χ1v) is 10.5. The van der Waals surface area contributed by atoms with Gasteiger partial charge in [-0.15, -0.1) is 0 Å².